The lowest BCUT2D eigenvalue weighted by atomic mass is 9.89. The lowest BCUT2D eigenvalue weighted by molar-refractivity contribution is -0.138. The van der Waals surface area contributed by atoms with Gasteiger partial charge in [-0.15, -0.1) is 0 Å². The van der Waals surface area contributed by atoms with Gasteiger partial charge in [0.05, 0.1) is 17.1 Å². The standard InChI is InChI=1S/C19H13Cl2NO5/c20-11-6-13(21)17-14(7-11)22-18(24)19(17,25)8-12(23)3-1-10-2-4-15-16(5-10)27-9-26-15/h1-7,25H,8-9H2,(H,22,24)/b3-1+/t19-/m1/s1. The Morgan fingerprint density at radius 3 is 2.81 bits per heavy atom. The quantitative estimate of drug-likeness (QED) is 0.759. The van der Waals surface area contributed by atoms with Gasteiger partial charge in [0.2, 0.25) is 6.79 Å². The van der Waals surface area contributed by atoms with Gasteiger partial charge in [-0.2, -0.15) is 0 Å². The molecule has 2 aromatic carbocycles. The minimum Gasteiger partial charge on any atom is -0.454 e. The number of nitrogens with one attached hydrogen (secondary N) is 1. The van der Waals surface area contributed by atoms with Crippen molar-refractivity contribution in [1.82, 2.24) is 0 Å². The van der Waals surface area contributed by atoms with Crippen LogP contribution in [0.1, 0.15) is 17.5 Å². The van der Waals surface area contributed by atoms with Crippen molar-refractivity contribution in [2.45, 2.75) is 12.0 Å². The van der Waals surface area contributed by atoms with E-state index in [2.05, 4.69) is 5.32 Å². The van der Waals surface area contributed by atoms with Crippen LogP contribution in [0.2, 0.25) is 10.0 Å². The van der Waals surface area contributed by atoms with E-state index in [1.54, 1.807) is 24.3 Å². The number of carbonyl (C=O) groups is 2. The van der Waals surface area contributed by atoms with Gasteiger partial charge in [0.1, 0.15) is 0 Å². The number of ketones is 1. The van der Waals surface area contributed by atoms with Crippen molar-refractivity contribution in [1.29, 1.82) is 0 Å². The number of ether oxygens (including phenoxy) is 2. The number of allylic oxidation sites excluding steroid dienone is 1. The number of fused-ring (bicyclic) bond motifs is 2. The van der Waals surface area contributed by atoms with Crippen LogP contribution in [0.4, 0.5) is 5.69 Å². The molecule has 4 rings (SSSR count). The number of rotatable bonds is 4. The van der Waals surface area contributed by atoms with Gasteiger partial charge >= 0.3 is 0 Å². The SMILES string of the molecule is O=C(/C=C/c1ccc2c(c1)OCO2)C[C@]1(O)C(=O)Nc2cc(Cl)cc(Cl)c21. The molecule has 0 spiro atoms. The Morgan fingerprint density at radius 2 is 2.00 bits per heavy atom. The molecule has 0 unspecified atom stereocenters. The zero-order chi connectivity index (χ0) is 19.2. The van der Waals surface area contributed by atoms with Gasteiger partial charge in [0.25, 0.3) is 5.91 Å². The number of anilines is 1. The number of hydrogen-bond donors (Lipinski definition) is 2. The van der Waals surface area contributed by atoms with Gasteiger partial charge in [-0.05, 0) is 35.9 Å². The average Bonchev–Trinajstić information content (AvgIpc) is 3.15. The second kappa shape index (κ2) is 6.56. The Labute approximate surface area is 164 Å². The Balaban J connectivity index is 1.55. The van der Waals surface area contributed by atoms with Gasteiger partial charge in [-0.3, -0.25) is 9.59 Å². The fourth-order valence-electron chi connectivity index (χ4n) is 3.12. The van der Waals surface area contributed by atoms with Crippen molar-refractivity contribution in [3.63, 3.8) is 0 Å². The lowest BCUT2D eigenvalue weighted by Gasteiger charge is -2.20. The van der Waals surface area contributed by atoms with Crippen LogP contribution >= 0.6 is 23.2 Å². The van der Waals surface area contributed by atoms with Crippen molar-refractivity contribution < 1.29 is 24.2 Å². The molecule has 27 heavy (non-hydrogen) atoms. The van der Waals surface area contributed by atoms with Crippen LogP contribution in [-0.2, 0) is 15.2 Å². The number of carbonyl (C=O) groups excluding carboxylic acids is 2. The van der Waals surface area contributed by atoms with Gasteiger partial charge in [0.15, 0.2) is 22.9 Å². The Kier molecular flexibility index (Phi) is 4.34. The van der Waals surface area contributed by atoms with Gasteiger partial charge in [0, 0.05) is 10.6 Å². The first-order chi connectivity index (χ1) is 12.9. The normalized spacial score (nSPS) is 20.0. The maximum atomic E-state index is 12.4. The molecule has 2 aromatic rings. The Bertz CT molecular complexity index is 1000. The Hall–Kier alpha value is -2.54. The Morgan fingerprint density at radius 1 is 1.22 bits per heavy atom. The molecule has 6 nitrogen and oxygen atoms in total. The largest absolute Gasteiger partial charge is 0.454 e. The summed E-state index contributed by atoms with van der Waals surface area (Å²) in [4.78, 5) is 24.7. The molecule has 0 aliphatic carbocycles. The summed E-state index contributed by atoms with van der Waals surface area (Å²) in [5.74, 6) is 0.0759. The number of amides is 1. The van der Waals surface area contributed by atoms with Crippen molar-refractivity contribution >= 4 is 46.7 Å². The third-order valence-electron chi connectivity index (χ3n) is 4.38. The fourth-order valence-corrected chi connectivity index (χ4v) is 3.77. The molecule has 2 aliphatic rings. The fraction of sp³-hybridized carbons (Fsp3) is 0.158. The molecule has 0 radical (unpaired) electrons. The van der Waals surface area contributed by atoms with Crippen LogP contribution in [0, 0.1) is 0 Å². The van der Waals surface area contributed by atoms with E-state index >= 15 is 0 Å². The highest BCUT2D eigenvalue weighted by Gasteiger charge is 2.48. The molecule has 0 saturated heterocycles. The molecule has 0 saturated carbocycles. The van der Waals surface area contributed by atoms with Gasteiger partial charge in [-0.1, -0.05) is 35.3 Å². The molecule has 2 aliphatic heterocycles. The summed E-state index contributed by atoms with van der Waals surface area (Å²) in [6, 6.07) is 8.13. The highest BCUT2D eigenvalue weighted by atomic mass is 35.5. The molecule has 138 valence electrons. The van der Waals surface area contributed by atoms with Crippen molar-refractivity contribution in [2.75, 3.05) is 12.1 Å². The maximum absolute atomic E-state index is 12.4. The van der Waals surface area contributed by atoms with Crippen LogP contribution < -0.4 is 14.8 Å². The monoisotopic (exact) mass is 405 g/mol. The van der Waals surface area contributed by atoms with Crippen LogP contribution in [0.15, 0.2) is 36.4 Å². The van der Waals surface area contributed by atoms with E-state index in [4.69, 9.17) is 32.7 Å². The first-order valence-corrected chi connectivity index (χ1v) is 8.76. The first kappa shape index (κ1) is 17.9. The van der Waals surface area contributed by atoms with E-state index in [0.29, 0.717) is 22.2 Å². The van der Waals surface area contributed by atoms with E-state index in [1.165, 1.54) is 18.2 Å². The third-order valence-corrected chi connectivity index (χ3v) is 4.90. The number of halogens is 2. The van der Waals surface area contributed by atoms with Gasteiger partial charge < -0.3 is 19.9 Å². The predicted molar refractivity (Wildman–Crippen MR) is 100 cm³/mol. The third kappa shape index (κ3) is 3.16. The zero-order valence-corrected chi connectivity index (χ0v) is 15.3. The number of benzene rings is 2. The van der Waals surface area contributed by atoms with E-state index in [1.807, 2.05) is 0 Å². The number of aliphatic hydroxyl groups is 1. The van der Waals surface area contributed by atoms with Crippen LogP contribution in [0.3, 0.4) is 0 Å². The molecule has 0 bridgehead atoms. The smallest absolute Gasteiger partial charge is 0.261 e. The summed E-state index contributed by atoms with van der Waals surface area (Å²) < 4.78 is 10.5. The summed E-state index contributed by atoms with van der Waals surface area (Å²) >= 11 is 12.1. The number of hydrogen-bond acceptors (Lipinski definition) is 5. The topological polar surface area (TPSA) is 84.9 Å². The highest BCUT2D eigenvalue weighted by molar-refractivity contribution is 6.36. The zero-order valence-electron chi connectivity index (χ0n) is 13.8. The minimum absolute atomic E-state index is 0.117. The van der Waals surface area contributed by atoms with E-state index in [0.717, 1.165) is 5.56 Å². The molecule has 2 heterocycles. The van der Waals surface area contributed by atoms with Crippen LogP contribution in [0.25, 0.3) is 6.08 Å². The van der Waals surface area contributed by atoms with E-state index in [9.17, 15) is 14.7 Å². The van der Waals surface area contributed by atoms with Crippen molar-refractivity contribution in [3.05, 3.63) is 57.6 Å². The summed E-state index contributed by atoms with van der Waals surface area (Å²) in [5, 5.41) is 13.8. The molecule has 1 atom stereocenters. The van der Waals surface area contributed by atoms with Gasteiger partial charge in [-0.25, -0.2) is 0 Å². The summed E-state index contributed by atoms with van der Waals surface area (Å²) in [6.45, 7) is 0.160. The van der Waals surface area contributed by atoms with Crippen LogP contribution in [-0.4, -0.2) is 23.6 Å². The second-order valence-electron chi connectivity index (χ2n) is 6.21. The second-order valence-corrected chi connectivity index (χ2v) is 7.06. The summed E-state index contributed by atoms with van der Waals surface area (Å²) in [6.07, 6.45) is 2.42. The molecule has 0 fully saturated rings. The minimum atomic E-state index is -2.05. The molecule has 0 aromatic heterocycles. The molecule has 2 N–H and O–H groups in total. The summed E-state index contributed by atoms with van der Waals surface area (Å²) in [7, 11) is 0. The molecule has 1 amide bonds. The maximum Gasteiger partial charge on any atom is 0.261 e. The van der Waals surface area contributed by atoms with Crippen LogP contribution in [0.5, 0.6) is 11.5 Å². The lowest BCUT2D eigenvalue weighted by Crippen LogP contribution is -2.36. The molecule has 8 heteroatoms. The molecular formula is C19H13Cl2NO5. The average molecular weight is 406 g/mol. The predicted octanol–water partition coefficient (Wildman–Crippen LogP) is 3.53. The first-order valence-electron chi connectivity index (χ1n) is 8.01. The van der Waals surface area contributed by atoms with Crippen molar-refractivity contribution in [3.8, 4) is 11.5 Å². The summed E-state index contributed by atoms with van der Waals surface area (Å²) in [5.41, 5.74) is -0.871. The molecular weight excluding hydrogens is 393 g/mol. The van der Waals surface area contributed by atoms with Crippen molar-refractivity contribution in [2.24, 2.45) is 0 Å². The van der Waals surface area contributed by atoms with E-state index < -0.39 is 23.7 Å². The highest BCUT2D eigenvalue weighted by Crippen LogP contribution is 2.44. The van der Waals surface area contributed by atoms with E-state index in [-0.39, 0.29) is 17.4 Å².